The van der Waals surface area contributed by atoms with Gasteiger partial charge in [-0.25, -0.2) is 0 Å². The monoisotopic (exact) mass is 304 g/mol. The van der Waals surface area contributed by atoms with Crippen LogP contribution in [-0.4, -0.2) is 17.1 Å². The van der Waals surface area contributed by atoms with Crippen LogP contribution in [0.1, 0.15) is 21.5 Å². The van der Waals surface area contributed by atoms with Crippen LogP contribution in [0.15, 0.2) is 48.7 Å². The van der Waals surface area contributed by atoms with Crippen LogP contribution in [0.2, 0.25) is 0 Å². The Labute approximate surface area is 134 Å². The number of fused-ring (bicyclic) bond motifs is 1. The molecule has 0 radical (unpaired) electrons. The largest absolute Gasteiger partial charge is 0.484 e. The summed E-state index contributed by atoms with van der Waals surface area (Å²) < 4.78 is 7.11. The van der Waals surface area contributed by atoms with Crippen molar-refractivity contribution in [3.8, 4) is 11.8 Å². The van der Waals surface area contributed by atoms with Crippen molar-refractivity contribution in [2.24, 2.45) is 0 Å². The fourth-order valence-electron chi connectivity index (χ4n) is 2.71. The lowest BCUT2D eigenvalue weighted by atomic mass is 10.1. The number of rotatable bonds is 3. The molecule has 4 nitrogen and oxygen atoms in total. The minimum atomic E-state index is -0.207. The van der Waals surface area contributed by atoms with E-state index in [9.17, 15) is 10.1 Å². The van der Waals surface area contributed by atoms with Gasteiger partial charge < -0.3 is 4.74 Å². The first kappa shape index (κ1) is 14.9. The van der Waals surface area contributed by atoms with Crippen LogP contribution in [0.3, 0.4) is 0 Å². The molecule has 0 saturated carbocycles. The Balaban J connectivity index is 1.85. The van der Waals surface area contributed by atoms with Crippen LogP contribution < -0.4 is 4.74 Å². The minimum Gasteiger partial charge on any atom is -0.484 e. The molecule has 1 aromatic heterocycles. The van der Waals surface area contributed by atoms with Gasteiger partial charge in [-0.2, -0.15) is 5.26 Å². The van der Waals surface area contributed by atoms with E-state index in [-0.39, 0.29) is 12.5 Å². The van der Waals surface area contributed by atoms with Crippen molar-refractivity contribution in [1.29, 1.82) is 5.26 Å². The summed E-state index contributed by atoms with van der Waals surface area (Å²) in [5.74, 6) is 0.467. The third kappa shape index (κ3) is 2.95. The summed E-state index contributed by atoms with van der Waals surface area (Å²) in [4.78, 5) is 12.5. The van der Waals surface area contributed by atoms with E-state index in [1.54, 1.807) is 6.20 Å². The average molecular weight is 304 g/mol. The van der Waals surface area contributed by atoms with Gasteiger partial charge in [-0.1, -0.05) is 24.3 Å². The normalized spacial score (nSPS) is 10.5. The van der Waals surface area contributed by atoms with Crippen molar-refractivity contribution in [3.05, 3.63) is 65.4 Å². The number of aromatic nitrogens is 1. The molecule has 4 heteroatoms. The molecule has 3 rings (SSSR count). The highest BCUT2D eigenvalue weighted by molar-refractivity contribution is 5.96. The summed E-state index contributed by atoms with van der Waals surface area (Å²) in [6.45, 7) is 3.90. The highest BCUT2D eigenvalue weighted by Gasteiger charge is 2.13. The van der Waals surface area contributed by atoms with Gasteiger partial charge in [0, 0.05) is 11.6 Å². The number of carbonyl (C=O) groups excluding carboxylic acids is 1. The zero-order valence-corrected chi connectivity index (χ0v) is 13.0. The van der Waals surface area contributed by atoms with E-state index in [1.807, 2.05) is 56.3 Å². The maximum atomic E-state index is 12.5. The molecule has 0 aliphatic carbocycles. The first-order valence-corrected chi connectivity index (χ1v) is 7.33. The van der Waals surface area contributed by atoms with Crippen LogP contribution in [0, 0.1) is 25.2 Å². The van der Waals surface area contributed by atoms with Gasteiger partial charge in [0.2, 0.25) is 0 Å². The molecule has 0 aliphatic heterocycles. The molecule has 23 heavy (non-hydrogen) atoms. The number of aryl methyl sites for hydroxylation is 2. The number of carbonyl (C=O) groups is 1. The van der Waals surface area contributed by atoms with Gasteiger partial charge >= 0.3 is 0 Å². The number of benzene rings is 2. The first-order chi connectivity index (χ1) is 11.1. The Morgan fingerprint density at radius 1 is 1.17 bits per heavy atom. The van der Waals surface area contributed by atoms with Crippen LogP contribution >= 0.6 is 0 Å². The van der Waals surface area contributed by atoms with Crippen molar-refractivity contribution in [2.45, 2.75) is 13.8 Å². The molecule has 3 aromatic rings. The van der Waals surface area contributed by atoms with Gasteiger partial charge in [-0.3, -0.25) is 9.36 Å². The van der Waals surface area contributed by atoms with Crippen molar-refractivity contribution in [3.63, 3.8) is 0 Å². The third-order valence-corrected chi connectivity index (χ3v) is 3.66. The van der Waals surface area contributed by atoms with Gasteiger partial charge in [0.25, 0.3) is 5.91 Å². The lowest BCUT2D eigenvalue weighted by Crippen LogP contribution is -2.18. The number of ether oxygens (including phenoxy) is 1. The molecule has 0 atom stereocenters. The molecule has 114 valence electrons. The number of hydrogen-bond donors (Lipinski definition) is 0. The van der Waals surface area contributed by atoms with Crippen LogP contribution in [-0.2, 0) is 0 Å². The highest BCUT2D eigenvalue weighted by atomic mass is 16.5. The zero-order chi connectivity index (χ0) is 16.4. The van der Waals surface area contributed by atoms with E-state index < -0.39 is 0 Å². The third-order valence-electron chi connectivity index (χ3n) is 3.66. The fraction of sp³-hybridized carbons (Fsp3) is 0.158. The van der Waals surface area contributed by atoms with Crippen LogP contribution in [0.5, 0.6) is 5.75 Å². The van der Waals surface area contributed by atoms with Crippen molar-refractivity contribution in [2.75, 3.05) is 6.61 Å². The molecule has 0 fully saturated rings. The minimum absolute atomic E-state index is 0.0769. The highest BCUT2D eigenvalue weighted by Crippen LogP contribution is 2.21. The smallest absolute Gasteiger partial charge is 0.269 e. The lowest BCUT2D eigenvalue weighted by molar-refractivity contribution is 0.0843. The molecule has 1 heterocycles. The molecular formula is C19H16N2O2. The van der Waals surface area contributed by atoms with E-state index in [0.29, 0.717) is 11.3 Å². The lowest BCUT2D eigenvalue weighted by Gasteiger charge is -2.08. The number of hydrogen-bond acceptors (Lipinski definition) is 3. The van der Waals surface area contributed by atoms with Crippen molar-refractivity contribution >= 4 is 16.8 Å². The van der Waals surface area contributed by atoms with Crippen LogP contribution in [0.25, 0.3) is 10.9 Å². The summed E-state index contributed by atoms with van der Waals surface area (Å²) in [5, 5.41) is 9.97. The standard InChI is InChI=1S/C19H16N2O2/c1-13-7-14(2)9-16(8-13)23-12-19(22)21-11-15(10-20)17-5-3-4-6-18(17)21/h3-9,11H,12H2,1-2H3. The Kier molecular flexibility index (Phi) is 3.86. The van der Waals surface area contributed by atoms with Crippen LogP contribution in [0.4, 0.5) is 0 Å². The summed E-state index contributed by atoms with van der Waals surface area (Å²) >= 11 is 0. The van der Waals surface area contributed by atoms with Gasteiger partial charge in [0.15, 0.2) is 6.61 Å². The number of nitrogens with zero attached hydrogens (tertiary/aromatic N) is 2. The second-order valence-electron chi connectivity index (χ2n) is 5.55. The molecule has 0 amide bonds. The molecular weight excluding hydrogens is 288 g/mol. The Hall–Kier alpha value is -3.06. The number of nitriles is 1. The summed E-state index contributed by atoms with van der Waals surface area (Å²) in [5.41, 5.74) is 3.38. The van der Waals surface area contributed by atoms with E-state index >= 15 is 0 Å². The SMILES string of the molecule is Cc1cc(C)cc(OCC(=O)n2cc(C#N)c3ccccc32)c1. The molecule has 0 bridgehead atoms. The van der Waals surface area contributed by atoms with Gasteiger partial charge in [0.1, 0.15) is 11.8 Å². The quantitative estimate of drug-likeness (QED) is 0.738. The van der Waals surface area contributed by atoms with E-state index in [4.69, 9.17) is 4.74 Å². The van der Waals surface area contributed by atoms with Gasteiger partial charge in [-0.05, 0) is 43.2 Å². The molecule has 2 aromatic carbocycles. The second kappa shape index (κ2) is 5.98. The fourth-order valence-corrected chi connectivity index (χ4v) is 2.71. The van der Waals surface area contributed by atoms with E-state index in [1.165, 1.54) is 4.57 Å². The van der Waals surface area contributed by atoms with Crippen molar-refractivity contribution in [1.82, 2.24) is 4.57 Å². The maximum Gasteiger partial charge on any atom is 0.269 e. The number of para-hydroxylation sites is 1. The molecule has 0 aliphatic rings. The predicted molar refractivity (Wildman–Crippen MR) is 88.7 cm³/mol. The van der Waals surface area contributed by atoms with E-state index in [0.717, 1.165) is 22.0 Å². The van der Waals surface area contributed by atoms with Gasteiger partial charge in [-0.15, -0.1) is 0 Å². The topological polar surface area (TPSA) is 55.0 Å². The van der Waals surface area contributed by atoms with Crippen molar-refractivity contribution < 1.29 is 9.53 Å². The Morgan fingerprint density at radius 3 is 2.57 bits per heavy atom. The molecule has 0 spiro atoms. The predicted octanol–water partition coefficient (Wildman–Crippen LogP) is 3.85. The second-order valence-corrected chi connectivity index (χ2v) is 5.55. The molecule has 0 saturated heterocycles. The molecule has 0 N–H and O–H groups in total. The Bertz CT molecular complexity index is 912. The first-order valence-electron chi connectivity index (χ1n) is 7.33. The summed E-state index contributed by atoms with van der Waals surface area (Å²) in [6.07, 6.45) is 1.57. The molecule has 0 unspecified atom stereocenters. The van der Waals surface area contributed by atoms with Gasteiger partial charge in [0.05, 0.1) is 11.1 Å². The summed E-state index contributed by atoms with van der Waals surface area (Å²) in [6, 6.07) is 15.3. The maximum absolute atomic E-state index is 12.5. The van der Waals surface area contributed by atoms with E-state index in [2.05, 4.69) is 6.07 Å². The zero-order valence-electron chi connectivity index (χ0n) is 13.0. The summed E-state index contributed by atoms with van der Waals surface area (Å²) in [7, 11) is 0. The Morgan fingerprint density at radius 2 is 1.87 bits per heavy atom. The average Bonchev–Trinajstić information content (AvgIpc) is 2.91.